The van der Waals surface area contributed by atoms with Gasteiger partial charge in [-0.3, -0.25) is 0 Å². The number of esters is 1. The van der Waals surface area contributed by atoms with Gasteiger partial charge >= 0.3 is 5.97 Å². The molecule has 3 aromatic carbocycles. The molecule has 0 spiro atoms. The lowest BCUT2D eigenvalue weighted by atomic mass is 9.98. The molecule has 0 radical (unpaired) electrons. The van der Waals surface area contributed by atoms with E-state index < -0.39 is 0 Å². The van der Waals surface area contributed by atoms with E-state index in [2.05, 4.69) is 64.1 Å². The molecule has 0 heterocycles. The van der Waals surface area contributed by atoms with Crippen molar-refractivity contribution in [1.82, 2.24) is 0 Å². The highest BCUT2D eigenvalue weighted by atomic mass is 16.5. The number of benzene rings is 3. The Morgan fingerprint density at radius 1 is 0.800 bits per heavy atom. The molecule has 0 N–H and O–H groups in total. The minimum Gasteiger partial charge on any atom is -0.423 e. The number of hydrogen-bond acceptors (Lipinski definition) is 2. The van der Waals surface area contributed by atoms with Crippen LogP contribution in [-0.4, -0.2) is 5.97 Å². The fourth-order valence-corrected chi connectivity index (χ4v) is 3.62. The van der Waals surface area contributed by atoms with Crippen LogP contribution < -0.4 is 4.74 Å². The van der Waals surface area contributed by atoms with Gasteiger partial charge in [-0.1, -0.05) is 69.3 Å². The van der Waals surface area contributed by atoms with Crippen molar-refractivity contribution in [2.24, 2.45) is 0 Å². The monoisotopic (exact) mass is 398 g/mol. The first-order chi connectivity index (χ1) is 14.5. The average Bonchev–Trinajstić information content (AvgIpc) is 2.78. The van der Waals surface area contributed by atoms with Crippen molar-refractivity contribution in [3.05, 3.63) is 94.6 Å². The molecule has 0 amide bonds. The molecule has 3 aromatic rings. The molecule has 2 heteroatoms. The molecule has 0 aliphatic rings. The van der Waals surface area contributed by atoms with Gasteiger partial charge < -0.3 is 4.74 Å². The lowest BCUT2D eigenvalue weighted by molar-refractivity contribution is -0.128. The molecular formula is C28H30O2. The summed E-state index contributed by atoms with van der Waals surface area (Å²) in [4.78, 5) is 12.3. The second-order valence-electron chi connectivity index (χ2n) is 7.51. The summed E-state index contributed by atoms with van der Waals surface area (Å²) in [7, 11) is 0. The number of carbonyl (C=O) groups is 1. The Morgan fingerprint density at radius 2 is 1.50 bits per heavy atom. The minimum atomic E-state index is -0.361. The van der Waals surface area contributed by atoms with Crippen LogP contribution >= 0.6 is 0 Å². The Balaban J connectivity index is 1.70. The topological polar surface area (TPSA) is 26.3 Å². The summed E-state index contributed by atoms with van der Waals surface area (Å²) in [6, 6.07) is 20.8. The van der Waals surface area contributed by atoms with E-state index in [1.807, 2.05) is 30.3 Å². The first-order valence-electron chi connectivity index (χ1n) is 10.8. The van der Waals surface area contributed by atoms with Gasteiger partial charge in [-0.15, -0.1) is 0 Å². The zero-order valence-electron chi connectivity index (χ0n) is 18.4. The molecule has 154 valence electrons. The van der Waals surface area contributed by atoms with Crippen LogP contribution in [0.25, 0.3) is 17.2 Å². The molecule has 0 saturated heterocycles. The molecule has 0 aliphatic heterocycles. The summed E-state index contributed by atoms with van der Waals surface area (Å²) in [5.74, 6) is 0.237. The lowest BCUT2D eigenvalue weighted by Gasteiger charge is -2.09. The van der Waals surface area contributed by atoms with Gasteiger partial charge in [0.2, 0.25) is 0 Å². The molecule has 3 rings (SSSR count). The fraction of sp³-hybridized carbons (Fsp3) is 0.250. The largest absolute Gasteiger partial charge is 0.423 e. The SMILES string of the molecule is CCc1ccc(-c2ccc(/C=C/C(=O)Oc3ccc(CC)c(CC)c3)c(C)c2)cc1. The van der Waals surface area contributed by atoms with Crippen LogP contribution in [0.1, 0.15) is 48.6 Å². The van der Waals surface area contributed by atoms with E-state index in [-0.39, 0.29) is 5.97 Å². The van der Waals surface area contributed by atoms with Crippen molar-refractivity contribution in [3.8, 4) is 16.9 Å². The van der Waals surface area contributed by atoms with Gasteiger partial charge in [-0.05, 0) is 83.3 Å². The van der Waals surface area contributed by atoms with Crippen LogP contribution in [0.15, 0.2) is 66.7 Å². The zero-order chi connectivity index (χ0) is 21.5. The van der Waals surface area contributed by atoms with E-state index in [1.54, 1.807) is 0 Å². The van der Waals surface area contributed by atoms with Gasteiger partial charge in [-0.2, -0.15) is 0 Å². The van der Waals surface area contributed by atoms with Crippen LogP contribution in [0.3, 0.4) is 0 Å². The molecule has 0 saturated carbocycles. The first kappa shape index (κ1) is 21.6. The van der Waals surface area contributed by atoms with Crippen molar-refractivity contribution in [2.75, 3.05) is 0 Å². The summed E-state index contributed by atoms with van der Waals surface area (Å²) < 4.78 is 5.51. The predicted molar refractivity (Wildman–Crippen MR) is 126 cm³/mol. The van der Waals surface area contributed by atoms with Crippen molar-refractivity contribution >= 4 is 12.0 Å². The number of aryl methyl sites for hydroxylation is 4. The number of ether oxygens (including phenoxy) is 1. The molecule has 30 heavy (non-hydrogen) atoms. The highest BCUT2D eigenvalue weighted by Gasteiger charge is 2.06. The Labute approximate surface area is 180 Å². The Hall–Kier alpha value is -3.13. The van der Waals surface area contributed by atoms with E-state index in [0.717, 1.165) is 30.4 Å². The predicted octanol–water partition coefficient (Wildman–Crippen LogP) is 6.97. The second kappa shape index (κ2) is 10.1. The van der Waals surface area contributed by atoms with E-state index in [4.69, 9.17) is 4.74 Å². The lowest BCUT2D eigenvalue weighted by Crippen LogP contribution is -2.04. The summed E-state index contributed by atoms with van der Waals surface area (Å²) in [5.41, 5.74) is 8.38. The molecule has 0 bridgehead atoms. The Bertz CT molecular complexity index is 1040. The normalized spacial score (nSPS) is 11.1. The summed E-state index contributed by atoms with van der Waals surface area (Å²) in [6.45, 7) is 8.47. The highest BCUT2D eigenvalue weighted by Crippen LogP contribution is 2.24. The minimum absolute atomic E-state index is 0.361. The molecule has 0 fully saturated rings. The highest BCUT2D eigenvalue weighted by molar-refractivity contribution is 5.89. The maximum absolute atomic E-state index is 12.3. The third kappa shape index (κ3) is 5.27. The van der Waals surface area contributed by atoms with Crippen molar-refractivity contribution < 1.29 is 9.53 Å². The molecule has 0 aromatic heterocycles. The van der Waals surface area contributed by atoms with E-state index in [1.165, 1.54) is 33.9 Å². The maximum Gasteiger partial charge on any atom is 0.336 e. The van der Waals surface area contributed by atoms with Gasteiger partial charge in [-0.25, -0.2) is 4.79 Å². The number of hydrogen-bond donors (Lipinski definition) is 0. The van der Waals surface area contributed by atoms with Gasteiger partial charge in [0, 0.05) is 6.08 Å². The summed E-state index contributed by atoms with van der Waals surface area (Å²) >= 11 is 0. The second-order valence-corrected chi connectivity index (χ2v) is 7.51. The van der Waals surface area contributed by atoms with Crippen molar-refractivity contribution in [1.29, 1.82) is 0 Å². The third-order valence-electron chi connectivity index (χ3n) is 5.52. The standard InChI is InChI=1S/C28H30O2/c1-5-21-8-10-25(11-9-21)26-13-12-24(20(4)18-26)15-17-28(29)30-27-16-14-22(6-2)23(7-3)19-27/h8-19H,5-7H2,1-4H3/b17-15+. The smallest absolute Gasteiger partial charge is 0.336 e. The van der Waals surface area contributed by atoms with Gasteiger partial charge in [0.25, 0.3) is 0 Å². The van der Waals surface area contributed by atoms with Crippen LogP contribution in [0.4, 0.5) is 0 Å². The maximum atomic E-state index is 12.3. The quantitative estimate of drug-likeness (QED) is 0.244. The van der Waals surface area contributed by atoms with Crippen LogP contribution in [0.5, 0.6) is 5.75 Å². The Kier molecular flexibility index (Phi) is 7.24. The number of carbonyl (C=O) groups excluding carboxylic acids is 1. The molecule has 0 atom stereocenters. The van der Waals surface area contributed by atoms with Gasteiger partial charge in [0.15, 0.2) is 0 Å². The molecule has 0 aliphatic carbocycles. The average molecular weight is 399 g/mol. The number of rotatable bonds is 7. The van der Waals surface area contributed by atoms with Gasteiger partial charge in [0.1, 0.15) is 5.75 Å². The zero-order valence-corrected chi connectivity index (χ0v) is 18.4. The van der Waals surface area contributed by atoms with E-state index in [0.29, 0.717) is 5.75 Å². The van der Waals surface area contributed by atoms with Crippen LogP contribution in [0, 0.1) is 6.92 Å². The van der Waals surface area contributed by atoms with Crippen molar-refractivity contribution in [3.63, 3.8) is 0 Å². The summed E-state index contributed by atoms with van der Waals surface area (Å²) in [6.07, 6.45) is 6.27. The van der Waals surface area contributed by atoms with Crippen LogP contribution in [-0.2, 0) is 24.1 Å². The fourth-order valence-electron chi connectivity index (χ4n) is 3.62. The Morgan fingerprint density at radius 3 is 2.13 bits per heavy atom. The van der Waals surface area contributed by atoms with E-state index >= 15 is 0 Å². The third-order valence-corrected chi connectivity index (χ3v) is 5.52. The van der Waals surface area contributed by atoms with Crippen molar-refractivity contribution in [2.45, 2.75) is 47.0 Å². The molecule has 2 nitrogen and oxygen atoms in total. The van der Waals surface area contributed by atoms with Gasteiger partial charge in [0.05, 0.1) is 0 Å². The van der Waals surface area contributed by atoms with E-state index in [9.17, 15) is 4.79 Å². The molecular weight excluding hydrogens is 368 g/mol. The van der Waals surface area contributed by atoms with Crippen LogP contribution in [0.2, 0.25) is 0 Å². The molecule has 0 unspecified atom stereocenters. The first-order valence-corrected chi connectivity index (χ1v) is 10.8. The summed E-state index contributed by atoms with van der Waals surface area (Å²) in [5, 5.41) is 0.